The lowest BCUT2D eigenvalue weighted by Gasteiger charge is -2.18. The summed E-state index contributed by atoms with van der Waals surface area (Å²) in [5.74, 6) is 1.76. The number of aliphatic imine (C=N–C) groups is 1. The summed E-state index contributed by atoms with van der Waals surface area (Å²) in [6, 6.07) is 0. The van der Waals surface area contributed by atoms with Crippen LogP contribution >= 0.6 is 0 Å². The summed E-state index contributed by atoms with van der Waals surface area (Å²) in [6.07, 6.45) is 20.7. The van der Waals surface area contributed by atoms with Gasteiger partial charge in [0.2, 0.25) is 5.95 Å². The van der Waals surface area contributed by atoms with Crippen molar-refractivity contribution in [1.82, 2.24) is 9.55 Å². The van der Waals surface area contributed by atoms with Gasteiger partial charge in [-0.3, -0.25) is 4.90 Å². The predicted molar refractivity (Wildman–Crippen MR) is 107 cm³/mol. The van der Waals surface area contributed by atoms with Crippen LogP contribution in [0.15, 0.2) is 72.2 Å². The molecule has 25 heavy (non-hydrogen) atoms. The number of imidazole rings is 1. The van der Waals surface area contributed by atoms with Gasteiger partial charge >= 0.3 is 0 Å². The van der Waals surface area contributed by atoms with E-state index in [1.807, 2.05) is 24.4 Å². The van der Waals surface area contributed by atoms with Crippen LogP contribution in [0.25, 0.3) is 6.08 Å². The smallest absolute Gasteiger partial charge is 0.216 e. The molecule has 1 aliphatic heterocycles. The van der Waals surface area contributed by atoms with Gasteiger partial charge in [-0.15, -0.1) is 0 Å². The van der Waals surface area contributed by atoms with Gasteiger partial charge in [-0.2, -0.15) is 0 Å². The van der Waals surface area contributed by atoms with E-state index in [0.717, 1.165) is 49.0 Å². The third-order valence-corrected chi connectivity index (χ3v) is 4.15. The largest absolute Gasteiger partial charge is 0.307 e. The molecule has 0 saturated heterocycles. The van der Waals surface area contributed by atoms with E-state index in [4.69, 9.17) is 4.98 Å². The van der Waals surface area contributed by atoms with Crippen molar-refractivity contribution in [3.8, 4) is 0 Å². The maximum atomic E-state index is 4.87. The number of nitrogens with zero attached hydrogens (tertiary/aromatic N) is 4. The molecule has 2 heterocycles. The Morgan fingerprint density at radius 2 is 2.20 bits per heavy atom. The monoisotopic (exact) mass is 332 g/mol. The second-order valence-electron chi connectivity index (χ2n) is 5.87. The molecule has 3 rings (SSSR count). The lowest BCUT2D eigenvalue weighted by molar-refractivity contribution is 0.769. The van der Waals surface area contributed by atoms with E-state index in [9.17, 15) is 0 Å². The first-order valence-corrected chi connectivity index (χ1v) is 8.69. The molecular weight excluding hydrogens is 308 g/mol. The highest BCUT2D eigenvalue weighted by atomic mass is 15.4. The highest BCUT2D eigenvalue weighted by Crippen LogP contribution is 2.36. The highest BCUT2D eigenvalue weighted by Gasteiger charge is 2.32. The average molecular weight is 332 g/mol. The fraction of sp³-hybridized carbons (Fsp3) is 0.238. The molecule has 0 fully saturated rings. The minimum Gasteiger partial charge on any atom is -0.307 e. The van der Waals surface area contributed by atoms with E-state index in [-0.39, 0.29) is 0 Å². The van der Waals surface area contributed by atoms with Crippen LogP contribution in [0.2, 0.25) is 0 Å². The van der Waals surface area contributed by atoms with Gasteiger partial charge in [-0.25, -0.2) is 9.98 Å². The fourth-order valence-corrected chi connectivity index (χ4v) is 3.09. The first-order chi connectivity index (χ1) is 12.3. The molecule has 0 radical (unpaired) electrons. The summed E-state index contributed by atoms with van der Waals surface area (Å²) in [4.78, 5) is 11.6. The number of fused-ring (bicyclic) bond motifs is 3. The van der Waals surface area contributed by atoms with Crippen molar-refractivity contribution in [3.63, 3.8) is 0 Å². The standard InChI is InChI=1S/C21H24N4/c1-4-7-8-12-17-16-24-19-14-10-9-13-18(19)23-21(24)25(17)20(11-5-2)22-15-6-3/h4-5,7-9,11-13,15H,1-2,6,10,14,16H2,3H3/b8-7-,17-12+,20-11+,22-15?. The Balaban J connectivity index is 2.10. The molecule has 0 saturated carbocycles. The first-order valence-electron chi connectivity index (χ1n) is 8.69. The normalized spacial score (nSPS) is 18.4. The lowest BCUT2D eigenvalue weighted by atomic mass is 10.1. The van der Waals surface area contributed by atoms with Crippen molar-refractivity contribution in [3.05, 3.63) is 78.6 Å². The molecule has 0 N–H and O–H groups in total. The summed E-state index contributed by atoms with van der Waals surface area (Å²) < 4.78 is 2.30. The van der Waals surface area contributed by atoms with Crippen LogP contribution in [0.5, 0.6) is 0 Å². The van der Waals surface area contributed by atoms with Crippen LogP contribution in [0.3, 0.4) is 0 Å². The van der Waals surface area contributed by atoms with E-state index in [2.05, 4.69) is 52.8 Å². The zero-order chi connectivity index (χ0) is 17.6. The fourth-order valence-electron chi connectivity index (χ4n) is 3.09. The SMILES string of the molecule is C=C/C=C\C=C1/Cn2c(nc3c2CCC=C3)N1/C(=C/C=C)N=CCC. The van der Waals surface area contributed by atoms with Crippen molar-refractivity contribution >= 4 is 18.2 Å². The quantitative estimate of drug-likeness (QED) is 0.554. The Bertz CT molecular complexity index is 815. The number of hydrogen-bond donors (Lipinski definition) is 0. The van der Waals surface area contributed by atoms with Crippen molar-refractivity contribution in [2.45, 2.75) is 32.7 Å². The Kier molecular flexibility index (Phi) is 5.29. The molecule has 128 valence electrons. The van der Waals surface area contributed by atoms with Crippen LogP contribution in [0, 0.1) is 0 Å². The van der Waals surface area contributed by atoms with E-state index in [1.54, 1.807) is 12.2 Å². The molecule has 0 bridgehead atoms. The number of allylic oxidation sites excluding steroid dienone is 8. The molecule has 0 atom stereocenters. The molecular formula is C21H24N4. The van der Waals surface area contributed by atoms with Crippen LogP contribution in [0.4, 0.5) is 5.95 Å². The third kappa shape index (κ3) is 3.33. The number of rotatable bonds is 6. The topological polar surface area (TPSA) is 33.4 Å². The molecule has 4 heteroatoms. The lowest BCUT2D eigenvalue weighted by Crippen LogP contribution is -2.18. The average Bonchev–Trinajstić information content (AvgIpc) is 3.15. The minimum atomic E-state index is 0.795. The highest BCUT2D eigenvalue weighted by molar-refractivity contribution is 5.66. The number of aromatic nitrogens is 2. The van der Waals surface area contributed by atoms with E-state index >= 15 is 0 Å². The maximum Gasteiger partial charge on any atom is 0.216 e. The van der Waals surface area contributed by atoms with Gasteiger partial charge in [0.05, 0.1) is 12.2 Å². The van der Waals surface area contributed by atoms with E-state index in [0.29, 0.717) is 0 Å². The molecule has 0 amide bonds. The molecule has 1 aliphatic carbocycles. The van der Waals surface area contributed by atoms with Gasteiger partial charge in [0.1, 0.15) is 5.82 Å². The van der Waals surface area contributed by atoms with Crippen molar-refractivity contribution in [2.24, 2.45) is 4.99 Å². The first kappa shape index (κ1) is 17.0. The van der Waals surface area contributed by atoms with E-state index < -0.39 is 0 Å². The second-order valence-corrected chi connectivity index (χ2v) is 5.87. The second kappa shape index (κ2) is 7.79. The number of hydrogen-bond acceptors (Lipinski definition) is 3. The van der Waals surface area contributed by atoms with Crippen molar-refractivity contribution in [1.29, 1.82) is 0 Å². The summed E-state index contributed by atoms with van der Waals surface area (Å²) in [7, 11) is 0. The Labute approximate surface area is 149 Å². The molecule has 0 unspecified atom stereocenters. The van der Waals surface area contributed by atoms with Crippen LogP contribution < -0.4 is 4.90 Å². The molecule has 2 aliphatic rings. The zero-order valence-electron chi connectivity index (χ0n) is 14.7. The van der Waals surface area contributed by atoms with Crippen LogP contribution in [-0.4, -0.2) is 15.8 Å². The van der Waals surface area contributed by atoms with Gasteiger partial charge in [-0.1, -0.05) is 50.5 Å². The van der Waals surface area contributed by atoms with Gasteiger partial charge in [0.25, 0.3) is 0 Å². The van der Waals surface area contributed by atoms with Crippen molar-refractivity contribution in [2.75, 3.05) is 4.90 Å². The summed E-state index contributed by atoms with van der Waals surface area (Å²) in [5, 5.41) is 0. The summed E-state index contributed by atoms with van der Waals surface area (Å²) in [5.41, 5.74) is 3.51. The van der Waals surface area contributed by atoms with Gasteiger partial charge in [0.15, 0.2) is 0 Å². The Morgan fingerprint density at radius 3 is 2.96 bits per heavy atom. The zero-order valence-corrected chi connectivity index (χ0v) is 14.7. The molecule has 0 aromatic carbocycles. The number of anilines is 1. The van der Waals surface area contributed by atoms with Gasteiger partial charge in [-0.05, 0) is 37.5 Å². The van der Waals surface area contributed by atoms with Crippen LogP contribution in [0.1, 0.15) is 31.2 Å². The molecule has 1 aromatic heterocycles. The van der Waals surface area contributed by atoms with Gasteiger partial charge in [0, 0.05) is 17.6 Å². The van der Waals surface area contributed by atoms with E-state index in [1.165, 1.54) is 5.69 Å². The summed E-state index contributed by atoms with van der Waals surface area (Å²) in [6.45, 7) is 10.4. The minimum absolute atomic E-state index is 0.795. The van der Waals surface area contributed by atoms with Gasteiger partial charge < -0.3 is 4.57 Å². The molecule has 1 aromatic rings. The van der Waals surface area contributed by atoms with Crippen molar-refractivity contribution < 1.29 is 0 Å². The Morgan fingerprint density at radius 1 is 1.32 bits per heavy atom. The molecule has 4 nitrogen and oxygen atoms in total. The van der Waals surface area contributed by atoms with Crippen LogP contribution in [-0.2, 0) is 13.0 Å². The Hall–Kier alpha value is -2.88. The summed E-state index contributed by atoms with van der Waals surface area (Å²) >= 11 is 0. The third-order valence-electron chi connectivity index (χ3n) is 4.15. The molecule has 0 spiro atoms. The maximum absolute atomic E-state index is 4.87. The predicted octanol–water partition coefficient (Wildman–Crippen LogP) is 4.80.